The van der Waals surface area contributed by atoms with Gasteiger partial charge in [0.2, 0.25) is 0 Å². The van der Waals surface area contributed by atoms with Gasteiger partial charge < -0.3 is 9.47 Å². The van der Waals surface area contributed by atoms with E-state index in [9.17, 15) is 14.0 Å². The summed E-state index contributed by atoms with van der Waals surface area (Å²) in [6, 6.07) is 0. The molecule has 0 aromatic carbocycles. The van der Waals surface area contributed by atoms with Gasteiger partial charge in [-0.05, 0) is 19.3 Å². The topological polar surface area (TPSA) is 52.6 Å². The van der Waals surface area contributed by atoms with Crippen LogP contribution in [0.2, 0.25) is 0 Å². The van der Waals surface area contributed by atoms with Gasteiger partial charge in [0.1, 0.15) is 5.83 Å². The van der Waals surface area contributed by atoms with Crippen molar-refractivity contribution in [3.63, 3.8) is 0 Å². The van der Waals surface area contributed by atoms with E-state index >= 15 is 0 Å². The van der Waals surface area contributed by atoms with Crippen molar-refractivity contribution in [1.82, 2.24) is 0 Å². The van der Waals surface area contributed by atoms with E-state index in [4.69, 9.17) is 0 Å². The first-order chi connectivity index (χ1) is 9.10. The number of methoxy groups -OCH3 is 2. The number of hydrogen-bond donors (Lipinski definition) is 0. The fourth-order valence-corrected chi connectivity index (χ4v) is 1.63. The third-order valence-electron chi connectivity index (χ3n) is 2.75. The fraction of sp³-hybridized carbons (Fsp3) is 0.714. The average molecular weight is 274 g/mol. The molecule has 0 fully saturated rings. The van der Waals surface area contributed by atoms with Gasteiger partial charge in [0, 0.05) is 6.42 Å². The number of carbonyl (C=O) groups excluding carboxylic acids is 2. The molecule has 0 bridgehead atoms. The Kier molecular flexibility index (Phi) is 10.8. The molecule has 0 saturated carbocycles. The zero-order chi connectivity index (χ0) is 14.5. The molecule has 19 heavy (non-hydrogen) atoms. The van der Waals surface area contributed by atoms with Crippen LogP contribution in [0, 0.1) is 0 Å². The second-order valence-electron chi connectivity index (χ2n) is 4.31. The summed E-state index contributed by atoms with van der Waals surface area (Å²) in [6.07, 6.45) is 7.11. The van der Waals surface area contributed by atoms with Crippen molar-refractivity contribution in [1.29, 1.82) is 0 Å². The van der Waals surface area contributed by atoms with Crippen LogP contribution < -0.4 is 0 Å². The highest BCUT2D eigenvalue weighted by Gasteiger charge is 2.01. The molecule has 0 aromatic heterocycles. The van der Waals surface area contributed by atoms with E-state index in [0.29, 0.717) is 6.42 Å². The number of ether oxygens (including phenoxy) is 2. The molecular weight excluding hydrogens is 251 g/mol. The van der Waals surface area contributed by atoms with E-state index in [-0.39, 0.29) is 12.4 Å². The Hall–Kier alpha value is -1.39. The van der Waals surface area contributed by atoms with Gasteiger partial charge in [-0.1, -0.05) is 25.7 Å². The maximum atomic E-state index is 13.1. The minimum atomic E-state index is -0.652. The number of unbranched alkanes of at least 4 members (excludes halogenated alkanes) is 5. The Labute approximate surface area is 114 Å². The summed E-state index contributed by atoms with van der Waals surface area (Å²) in [6.45, 7) is 0. The molecule has 0 saturated heterocycles. The van der Waals surface area contributed by atoms with Crippen LogP contribution in [0.25, 0.3) is 0 Å². The van der Waals surface area contributed by atoms with Crippen LogP contribution in [-0.4, -0.2) is 26.2 Å². The van der Waals surface area contributed by atoms with Crippen molar-refractivity contribution < 1.29 is 23.5 Å². The number of carbonyl (C=O) groups is 2. The molecule has 0 aromatic rings. The van der Waals surface area contributed by atoms with Gasteiger partial charge in [-0.15, -0.1) is 0 Å². The maximum Gasteiger partial charge on any atom is 0.333 e. The number of allylic oxidation sites excluding steroid dienone is 1. The molecule has 0 amide bonds. The summed E-state index contributed by atoms with van der Waals surface area (Å²) < 4.78 is 22.0. The van der Waals surface area contributed by atoms with E-state index in [1.807, 2.05) is 0 Å². The zero-order valence-electron chi connectivity index (χ0n) is 11.7. The summed E-state index contributed by atoms with van der Waals surface area (Å²) in [7, 11) is 2.61. The largest absolute Gasteiger partial charge is 0.469 e. The molecule has 5 heteroatoms. The van der Waals surface area contributed by atoms with Crippen LogP contribution in [0.5, 0.6) is 0 Å². The molecule has 110 valence electrons. The summed E-state index contributed by atoms with van der Waals surface area (Å²) in [5, 5.41) is 0. The summed E-state index contributed by atoms with van der Waals surface area (Å²) >= 11 is 0. The number of hydrogen-bond acceptors (Lipinski definition) is 4. The molecule has 0 atom stereocenters. The Balaban J connectivity index is 3.38. The van der Waals surface area contributed by atoms with Crippen LogP contribution in [0.4, 0.5) is 4.39 Å². The molecular formula is C14H23FO4. The van der Waals surface area contributed by atoms with Gasteiger partial charge in [-0.25, -0.2) is 9.18 Å². The fourth-order valence-electron chi connectivity index (χ4n) is 1.63. The maximum absolute atomic E-state index is 13.1. The Bertz CT molecular complexity index is 300. The molecule has 0 aliphatic rings. The first-order valence-electron chi connectivity index (χ1n) is 6.61. The van der Waals surface area contributed by atoms with E-state index in [2.05, 4.69) is 9.47 Å². The van der Waals surface area contributed by atoms with Crippen LogP contribution in [-0.2, 0) is 19.1 Å². The first-order valence-corrected chi connectivity index (χ1v) is 6.61. The predicted molar refractivity (Wildman–Crippen MR) is 70.2 cm³/mol. The van der Waals surface area contributed by atoms with Crippen molar-refractivity contribution in [2.75, 3.05) is 14.2 Å². The first kappa shape index (κ1) is 17.6. The Morgan fingerprint density at radius 2 is 1.42 bits per heavy atom. The highest BCUT2D eigenvalue weighted by atomic mass is 19.1. The standard InChI is InChI=1S/C14H23FO4/c1-18-13(16)10-8-6-4-3-5-7-9-12(15)11-14(17)19-2/h11H,3-10H2,1-2H3/b12-11+. The van der Waals surface area contributed by atoms with Gasteiger partial charge in [0.05, 0.1) is 20.3 Å². The lowest BCUT2D eigenvalue weighted by Gasteiger charge is -2.01. The Morgan fingerprint density at radius 1 is 0.895 bits per heavy atom. The number of halogens is 1. The van der Waals surface area contributed by atoms with Gasteiger partial charge in [-0.2, -0.15) is 0 Å². The third kappa shape index (κ3) is 11.4. The molecule has 0 N–H and O–H groups in total. The number of esters is 2. The predicted octanol–water partition coefficient (Wildman–Crippen LogP) is 3.31. The minimum Gasteiger partial charge on any atom is -0.469 e. The van der Waals surface area contributed by atoms with Crippen molar-refractivity contribution >= 4 is 11.9 Å². The van der Waals surface area contributed by atoms with E-state index in [0.717, 1.165) is 44.6 Å². The van der Waals surface area contributed by atoms with Crippen LogP contribution in [0.15, 0.2) is 11.9 Å². The summed E-state index contributed by atoms with van der Waals surface area (Å²) in [5.41, 5.74) is 0. The Morgan fingerprint density at radius 3 is 1.95 bits per heavy atom. The summed E-state index contributed by atoms with van der Waals surface area (Å²) in [4.78, 5) is 21.6. The van der Waals surface area contributed by atoms with E-state index < -0.39 is 11.8 Å². The smallest absolute Gasteiger partial charge is 0.333 e. The highest BCUT2D eigenvalue weighted by molar-refractivity contribution is 5.82. The second kappa shape index (κ2) is 11.7. The van der Waals surface area contributed by atoms with Crippen molar-refractivity contribution in [2.45, 2.75) is 51.4 Å². The third-order valence-corrected chi connectivity index (χ3v) is 2.75. The molecule has 4 nitrogen and oxygen atoms in total. The molecule has 0 aliphatic heterocycles. The second-order valence-corrected chi connectivity index (χ2v) is 4.31. The van der Waals surface area contributed by atoms with E-state index in [1.54, 1.807) is 0 Å². The monoisotopic (exact) mass is 274 g/mol. The van der Waals surface area contributed by atoms with Crippen LogP contribution in [0.3, 0.4) is 0 Å². The lowest BCUT2D eigenvalue weighted by atomic mass is 10.1. The van der Waals surface area contributed by atoms with Gasteiger partial charge in [-0.3, -0.25) is 4.79 Å². The molecule has 0 rings (SSSR count). The molecule has 0 spiro atoms. The van der Waals surface area contributed by atoms with Gasteiger partial charge in [0.25, 0.3) is 0 Å². The zero-order valence-corrected chi connectivity index (χ0v) is 11.7. The van der Waals surface area contributed by atoms with E-state index in [1.165, 1.54) is 14.2 Å². The lowest BCUT2D eigenvalue weighted by Crippen LogP contribution is -1.99. The van der Waals surface area contributed by atoms with Crippen molar-refractivity contribution in [2.24, 2.45) is 0 Å². The highest BCUT2D eigenvalue weighted by Crippen LogP contribution is 2.13. The van der Waals surface area contributed by atoms with Crippen LogP contribution >= 0.6 is 0 Å². The normalized spacial score (nSPS) is 11.2. The quantitative estimate of drug-likeness (QED) is 0.348. The van der Waals surface area contributed by atoms with Crippen LogP contribution in [0.1, 0.15) is 51.4 Å². The summed E-state index contributed by atoms with van der Waals surface area (Å²) in [5.74, 6) is -1.26. The molecule has 0 aliphatic carbocycles. The van der Waals surface area contributed by atoms with Crippen molar-refractivity contribution in [3.05, 3.63) is 11.9 Å². The molecule has 0 unspecified atom stereocenters. The van der Waals surface area contributed by atoms with Gasteiger partial charge >= 0.3 is 11.9 Å². The minimum absolute atomic E-state index is 0.171. The number of rotatable bonds is 10. The SMILES string of the molecule is COC(=O)/C=C(/F)CCCCCCCCC(=O)OC. The van der Waals surface area contributed by atoms with Gasteiger partial charge in [0.15, 0.2) is 0 Å². The molecule has 0 radical (unpaired) electrons. The van der Waals surface area contributed by atoms with Crippen molar-refractivity contribution in [3.8, 4) is 0 Å². The lowest BCUT2D eigenvalue weighted by molar-refractivity contribution is -0.140. The molecule has 0 heterocycles. The average Bonchev–Trinajstić information content (AvgIpc) is 2.41.